The molecule has 12 heteroatoms. The number of carbonyl (C=O) groups excluding carboxylic acids is 3. The Morgan fingerprint density at radius 3 is 2.48 bits per heavy atom. The highest BCUT2D eigenvalue weighted by Crippen LogP contribution is 2.37. The van der Waals surface area contributed by atoms with Crippen LogP contribution < -0.4 is 20.1 Å². The minimum Gasteiger partial charge on any atom is -0.431 e. The Hall–Kier alpha value is -3.96. The maximum atomic E-state index is 12.7. The third-order valence-corrected chi connectivity index (χ3v) is 4.06. The van der Waals surface area contributed by atoms with Crippen LogP contribution in [-0.2, 0) is 16.1 Å². The van der Waals surface area contributed by atoms with Crippen molar-refractivity contribution in [1.82, 2.24) is 10.3 Å². The van der Waals surface area contributed by atoms with Crippen LogP contribution in [0.2, 0.25) is 0 Å². The number of fused-ring (bicyclic) bond motifs is 1. The third kappa shape index (κ3) is 5.15. The fraction of sp³-hybridized carbons (Fsp3) is 0.158. The third-order valence-electron chi connectivity index (χ3n) is 4.06. The first kappa shape index (κ1) is 21.7. The molecule has 0 unspecified atom stereocenters. The van der Waals surface area contributed by atoms with E-state index in [-0.39, 0.29) is 34.6 Å². The Kier molecular flexibility index (Phi) is 6.48. The molecule has 0 aliphatic carbocycles. The zero-order chi connectivity index (χ0) is 22.5. The Bertz CT molecular complexity index is 1060. The molecule has 0 atom stereocenters. The topological polar surface area (TPSA) is 107 Å². The SMILES string of the molecule is O=Cc1ncccc1NC(=O)/C=C1\C(=O)NCc2cc(OC(F)F)c(OC(F)F)cc21. The number of alkyl halides is 4. The summed E-state index contributed by atoms with van der Waals surface area (Å²) in [5, 5.41) is 4.81. The van der Waals surface area contributed by atoms with Crippen LogP contribution in [0, 0.1) is 0 Å². The Morgan fingerprint density at radius 1 is 1.16 bits per heavy atom. The van der Waals surface area contributed by atoms with Gasteiger partial charge in [-0.3, -0.25) is 19.4 Å². The highest BCUT2D eigenvalue weighted by Gasteiger charge is 2.26. The van der Waals surface area contributed by atoms with E-state index < -0.39 is 36.5 Å². The van der Waals surface area contributed by atoms with E-state index >= 15 is 0 Å². The Balaban J connectivity index is 1.99. The number of nitrogens with one attached hydrogen (secondary N) is 2. The highest BCUT2D eigenvalue weighted by molar-refractivity contribution is 6.26. The van der Waals surface area contributed by atoms with Gasteiger partial charge in [-0.2, -0.15) is 17.6 Å². The van der Waals surface area contributed by atoms with E-state index in [0.29, 0.717) is 6.29 Å². The van der Waals surface area contributed by atoms with Crippen molar-refractivity contribution in [1.29, 1.82) is 0 Å². The predicted octanol–water partition coefficient (Wildman–Crippen LogP) is 2.75. The van der Waals surface area contributed by atoms with Crippen LogP contribution in [0.4, 0.5) is 23.2 Å². The first-order chi connectivity index (χ1) is 14.8. The fourth-order valence-corrected chi connectivity index (χ4v) is 2.83. The summed E-state index contributed by atoms with van der Waals surface area (Å²) in [5.74, 6) is -2.92. The van der Waals surface area contributed by atoms with Crippen LogP contribution in [0.15, 0.2) is 36.5 Å². The van der Waals surface area contributed by atoms with Crippen molar-refractivity contribution in [3.05, 3.63) is 53.4 Å². The lowest BCUT2D eigenvalue weighted by Crippen LogP contribution is -2.30. The summed E-state index contributed by atoms with van der Waals surface area (Å²) in [6.45, 7) is -6.78. The summed E-state index contributed by atoms with van der Waals surface area (Å²) in [5.41, 5.74) is 0.0317. The average Bonchev–Trinajstić information content (AvgIpc) is 2.70. The molecule has 0 radical (unpaired) electrons. The second-order valence-corrected chi connectivity index (χ2v) is 6.00. The normalized spacial score (nSPS) is 14.3. The molecule has 0 bridgehead atoms. The van der Waals surface area contributed by atoms with E-state index in [2.05, 4.69) is 25.1 Å². The molecule has 2 aromatic rings. The van der Waals surface area contributed by atoms with Gasteiger partial charge in [0.2, 0.25) is 5.91 Å². The van der Waals surface area contributed by atoms with Crippen molar-refractivity contribution < 1.29 is 41.4 Å². The van der Waals surface area contributed by atoms with E-state index in [1.165, 1.54) is 18.3 Å². The average molecular weight is 439 g/mol. The van der Waals surface area contributed by atoms with Crippen LogP contribution in [0.1, 0.15) is 21.6 Å². The number of amides is 2. The molecule has 2 heterocycles. The predicted molar refractivity (Wildman–Crippen MR) is 97.8 cm³/mol. The lowest BCUT2D eigenvalue weighted by Gasteiger charge is -2.22. The number of rotatable bonds is 7. The number of nitrogens with zero attached hydrogens (tertiary/aromatic N) is 1. The fourth-order valence-electron chi connectivity index (χ4n) is 2.83. The molecule has 31 heavy (non-hydrogen) atoms. The van der Waals surface area contributed by atoms with E-state index in [4.69, 9.17) is 0 Å². The number of pyridine rings is 1. The number of hydrogen-bond acceptors (Lipinski definition) is 6. The monoisotopic (exact) mass is 439 g/mol. The van der Waals surface area contributed by atoms with Gasteiger partial charge in [0.15, 0.2) is 17.8 Å². The summed E-state index contributed by atoms with van der Waals surface area (Å²) in [4.78, 5) is 39.5. The van der Waals surface area contributed by atoms with E-state index in [1.54, 1.807) is 0 Å². The van der Waals surface area contributed by atoms with Gasteiger partial charge in [0.25, 0.3) is 5.91 Å². The molecule has 0 fully saturated rings. The lowest BCUT2D eigenvalue weighted by atomic mass is 9.94. The van der Waals surface area contributed by atoms with Crippen molar-refractivity contribution in [3.8, 4) is 11.5 Å². The number of halogens is 4. The van der Waals surface area contributed by atoms with Gasteiger partial charge in [0.05, 0.1) is 11.3 Å². The Morgan fingerprint density at radius 2 is 1.84 bits per heavy atom. The maximum absolute atomic E-state index is 12.7. The first-order valence-electron chi connectivity index (χ1n) is 8.56. The van der Waals surface area contributed by atoms with Gasteiger partial charge in [-0.15, -0.1) is 0 Å². The minimum atomic E-state index is -3.35. The number of aromatic nitrogens is 1. The zero-order valence-electron chi connectivity index (χ0n) is 15.4. The standard InChI is InChI=1S/C19H13F4N3O5/c20-18(21)30-14-4-9-7-25-17(29)11(10(9)5-15(14)31-19(22)23)6-16(28)26-12-2-1-3-24-13(12)8-27/h1-6,8,18-19H,7H2,(H,25,29)(H,26,28)/b11-6-. The highest BCUT2D eigenvalue weighted by atomic mass is 19.3. The molecule has 162 valence electrons. The molecule has 2 N–H and O–H groups in total. The van der Waals surface area contributed by atoms with Gasteiger partial charge in [-0.1, -0.05) is 0 Å². The molecule has 1 aliphatic rings. The number of anilines is 1. The van der Waals surface area contributed by atoms with Crippen LogP contribution in [0.5, 0.6) is 11.5 Å². The summed E-state index contributed by atoms with van der Waals surface area (Å²) < 4.78 is 59.1. The van der Waals surface area contributed by atoms with Crippen LogP contribution in [0.25, 0.3) is 5.57 Å². The Labute approximate surface area is 171 Å². The second kappa shape index (κ2) is 9.24. The van der Waals surface area contributed by atoms with Crippen molar-refractivity contribution in [2.75, 3.05) is 5.32 Å². The summed E-state index contributed by atoms with van der Waals surface area (Å²) in [6.07, 6.45) is 2.63. The van der Waals surface area contributed by atoms with Crippen LogP contribution in [0.3, 0.4) is 0 Å². The lowest BCUT2D eigenvalue weighted by molar-refractivity contribution is -0.116. The molecular weight excluding hydrogens is 426 g/mol. The van der Waals surface area contributed by atoms with Gasteiger partial charge in [0.1, 0.15) is 5.69 Å². The molecule has 0 saturated heterocycles. The smallest absolute Gasteiger partial charge is 0.387 e. The molecular formula is C19H13F4N3O5. The van der Waals surface area contributed by atoms with Crippen LogP contribution >= 0.6 is 0 Å². The molecule has 1 aromatic carbocycles. The second-order valence-electron chi connectivity index (χ2n) is 6.00. The number of ether oxygens (including phenoxy) is 2. The minimum absolute atomic E-state index is 0.0120. The van der Waals surface area contributed by atoms with Crippen LogP contribution in [-0.4, -0.2) is 36.3 Å². The van der Waals surface area contributed by atoms with Crippen molar-refractivity contribution in [3.63, 3.8) is 0 Å². The van der Waals surface area contributed by atoms with Gasteiger partial charge in [-0.25, -0.2) is 0 Å². The maximum Gasteiger partial charge on any atom is 0.387 e. The molecule has 0 saturated carbocycles. The van der Waals surface area contributed by atoms with Gasteiger partial charge in [-0.05, 0) is 35.4 Å². The van der Waals surface area contributed by atoms with Gasteiger partial charge in [0, 0.05) is 18.8 Å². The van der Waals surface area contributed by atoms with Gasteiger partial charge < -0.3 is 20.1 Å². The molecule has 1 aliphatic heterocycles. The van der Waals surface area contributed by atoms with Crippen molar-refractivity contribution >= 4 is 29.4 Å². The number of carbonyl (C=O) groups is 3. The number of hydrogen-bond donors (Lipinski definition) is 2. The molecule has 3 rings (SSSR count). The van der Waals surface area contributed by atoms with E-state index in [9.17, 15) is 31.9 Å². The molecule has 1 aromatic heterocycles. The summed E-state index contributed by atoms with van der Waals surface area (Å²) in [7, 11) is 0. The van der Waals surface area contributed by atoms with E-state index in [1.807, 2.05) is 0 Å². The number of benzene rings is 1. The quantitative estimate of drug-likeness (QED) is 0.390. The largest absolute Gasteiger partial charge is 0.431 e. The van der Waals surface area contributed by atoms with Gasteiger partial charge >= 0.3 is 13.2 Å². The number of aldehydes is 1. The van der Waals surface area contributed by atoms with E-state index in [0.717, 1.165) is 18.2 Å². The molecule has 8 nitrogen and oxygen atoms in total. The van der Waals surface area contributed by atoms with Crippen molar-refractivity contribution in [2.45, 2.75) is 19.8 Å². The summed E-state index contributed by atoms with van der Waals surface area (Å²) in [6, 6.07) is 4.80. The molecule has 0 spiro atoms. The van der Waals surface area contributed by atoms with Crippen molar-refractivity contribution in [2.24, 2.45) is 0 Å². The zero-order valence-corrected chi connectivity index (χ0v) is 15.4. The first-order valence-corrected chi connectivity index (χ1v) is 8.56. The molecule has 2 amide bonds. The summed E-state index contributed by atoms with van der Waals surface area (Å²) >= 11 is 0.